The van der Waals surface area contributed by atoms with Gasteiger partial charge in [0.15, 0.2) is 0 Å². The lowest BCUT2D eigenvalue weighted by atomic mass is 10.1. The van der Waals surface area contributed by atoms with E-state index in [1.807, 2.05) is 43.4 Å². The molecule has 0 spiro atoms. The van der Waals surface area contributed by atoms with Crippen molar-refractivity contribution in [2.45, 2.75) is 26.0 Å². The largest absolute Gasteiger partial charge is 0.496 e. The fourth-order valence-corrected chi connectivity index (χ4v) is 2.16. The Morgan fingerprint density at radius 3 is 2.43 bits per heavy atom. The maximum absolute atomic E-state index is 5.83. The molecule has 0 radical (unpaired) electrons. The van der Waals surface area contributed by atoms with Crippen LogP contribution in [0.25, 0.3) is 0 Å². The number of nitrogens with one attached hydrogen (secondary N) is 1. The van der Waals surface area contributed by atoms with E-state index in [0.29, 0.717) is 12.6 Å². The van der Waals surface area contributed by atoms with Crippen molar-refractivity contribution in [2.24, 2.45) is 0 Å². The SMILES string of the molecule is CNC(C)Cc1ccc(OCc2ccccc2OC)cc1. The summed E-state index contributed by atoms with van der Waals surface area (Å²) in [6.45, 7) is 2.68. The van der Waals surface area contributed by atoms with Crippen LogP contribution in [-0.4, -0.2) is 20.2 Å². The Labute approximate surface area is 126 Å². The highest BCUT2D eigenvalue weighted by molar-refractivity contribution is 5.34. The van der Waals surface area contributed by atoms with Crippen LogP contribution in [0.15, 0.2) is 48.5 Å². The molecule has 0 bridgehead atoms. The first-order chi connectivity index (χ1) is 10.2. The van der Waals surface area contributed by atoms with Gasteiger partial charge in [0.2, 0.25) is 0 Å². The number of likely N-dealkylation sites (N-methyl/N-ethyl adjacent to an activating group) is 1. The fraction of sp³-hybridized carbons (Fsp3) is 0.333. The Balaban J connectivity index is 1.94. The van der Waals surface area contributed by atoms with E-state index < -0.39 is 0 Å². The third-order valence-corrected chi connectivity index (χ3v) is 3.54. The van der Waals surface area contributed by atoms with Gasteiger partial charge in [-0.25, -0.2) is 0 Å². The fourth-order valence-electron chi connectivity index (χ4n) is 2.16. The van der Waals surface area contributed by atoms with E-state index in [4.69, 9.17) is 9.47 Å². The average molecular weight is 285 g/mol. The van der Waals surface area contributed by atoms with Crippen molar-refractivity contribution in [3.8, 4) is 11.5 Å². The van der Waals surface area contributed by atoms with Gasteiger partial charge in [0.05, 0.1) is 7.11 Å². The molecule has 0 saturated heterocycles. The first kappa shape index (κ1) is 15.4. The molecule has 0 aromatic heterocycles. The zero-order chi connectivity index (χ0) is 15.1. The molecule has 0 aliphatic rings. The summed E-state index contributed by atoms with van der Waals surface area (Å²) in [6, 6.07) is 16.7. The van der Waals surface area contributed by atoms with Crippen LogP contribution in [0.1, 0.15) is 18.1 Å². The molecule has 2 aromatic rings. The van der Waals surface area contributed by atoms with Gasteiger partial charge < -0.3 is 14.8 Å². The molecule has 0 amide bonds. The highest BCUT2D eigenvalue weighted by atomic mass is 16.5. The number of hydrogen-bond acceptors (Lipinski definition) is 3. The van der Waals surface area contributed by atoms with E-state index in [1.54, 1.807) is 7.11 Å². The highest BCUT2D eigenvalue weighted by Gasteiger charge is 2.04. The molecule has 3 nitrogen and oxygen atoms in total. The van der Waals surface area contributed by atoms with Crippen molar-refractivity contribution in [3.63, 3.8) is 0 Å². The number of benzene rings is 2. The Morgan fingerprint density at radius 1 is 1.05 bits per heavy atom. The minimum atomic E-state index is 0.477. The molecule has 0 heterocycles. The quantitative estimate of drug-likeness (QED) is 0.845. The van der Waals surface area contributed by atoms with Gasteiger partial charge in [-0.15, -0.1) is 0 Å². The summed E-state index contributed by atoms with van der Waals surface area (Å²) >= 11 is 0. The number of methoxy groups -OCH3 is 1. The van der Waals surface area contributed by atoms with Gasteiger partial charge in [-0.2, -0.15) is 0 Å². The van der Waals surface area contributed by atoms with Crippen LogP contribution >= 0.6 is 0 Å². The predicted octanol–water partition coefficient (Wildman–Crippen LogP) is 3.42. The van der Waals surface area contributed by atoms with Crippen molar-refractivity contribution in [2.75, 3.05) is 14.2 Å². The third-order valence-electron chi connectivity index (χ3n) is 3.54. The van der Waals surface area contributed by atoms with Gasteiger partial charge in [0.25, 0.3) is 0 Å². The van der Waals surface area contributed by atoms with Crippen LogP contribution in [0.2, 0.25) is 0 Å². The van der Waals surface area contributed by atoms with Gasteiger partial charge in [0, 0.05) is 11.6 Å². The van der Waals surface area contributed by atoms with Gasteiger partial charge in [-0.1, -0.05) is 30.3 Å². The molecule has 2 rings (SSSR count). The highest BCUT2D eigenvalue weighted by Crippen LogP contribution is 2.20. The molecule has 1 N–H and O–H groups in total. The Hall–Kier alpha value is -2.00. The van der Waals surface area contributed by atoms with Crippen LogP contribution in [0, 0.1) is 0 Å². The van der Waals surface area contributed by atoms with E-state index in [9.17, 15) is 0 Å². The predicted molar refractivity (Wildman–Crippen MR) is 86.0 cm³/mol. The number of rotatable bonds is 7. The number of ether oxygens (including phenoxy) is 2. The van der Waals surface area contributed by atoms with E-state index in [0.717, 1.165) is 23.5 Å². The Morgan fingerprint density at radius 2 is 1.76 bits per heavy atom. The second kappa shape index (κ2) is 7.70. The Bertz CT molecular complexity index is 551. The lowest BCUT2D eigenvalue weighted by molar-refractivity contribution is 0.296. The maximum atomic E-state index is 5.83. The van der Waals surface area contributed by atoms with Gasteiger partial charge in [0.1, 0.15) is 18.1 Å². The van der Waals surface area contributed by atoms with Crippen LogP contribution in [0.4, 0.5) is 0 Å². The minimum Gasteiger partial charge on any atom is -0.496 e. The molecule has 3 heteroatoms. The topological polar surface area (TPSA) is 30.5 Å². The molecule has 112 valence electrons. The van der Waals surface area contributed by atoms with Crippen molar-refractivity contribution in [3.05, 3.63) is 59.7 Å². The first-order valence-corrected chi connectivity index (χ1v) is 7.24. The van der Waals surface area contributed by atoms with Crippen LogP contribution in [-0.2, 0) is 13.0 Å². The van der Waals surface area contributed by atoms with Crippen molar-refractivity contribution >= 4 is 0 Å². The summed E-state index contributed by atoms with van der Waals surface area (Å²) < 4.78 is 11.1. The van der Waals surface area contributed by atoms with Crippen LogP contribution < -0.4 is 14.8 Å². The molecule has 1 atom stereocenters. The van der Waals surface area contributed by atoms with Crippen LogP contribution in [0.3, 0.4) is 0 Å². The second-order valence-electron chi connectivity index (χ2n) is 5.14. The van der Waals surface area contributed by atoms with Gasteiger partial charge in [-0.3, -0.25) is 0 Å². The molecule has 0 fully saturated rings. The maximum Gasteiger partial charge on any atom is 0.125 e. The van der Waals surface area contributed by atoms with Crippen molar-refractivity contribution in [1.29, 1.82) is 0 Å². The monoisotopic (exact) mass is 285 g/mol. The molecular formula is C18H23NO2. The Kier molecular flexibility index (Phi) is 5.64. The van der Waals surface area contributed by atoms with E-state index in [1.165, 1.54) is 5.56 Å². The summed E-state index contributed by atoms with van der Waals surface area (Å²) in [5.41, 5.74) is 2.36. The van der Waals surface area contributed by atoms with Gasteiger partial charge in [-0.05, 0) is 44.2 Å². The number of hydrogen-bond donors (Lipinski definition) is 1. The minimum absolute atomic E-state index is 0.477. The van der Waals surface area contributed by atoms with E-state index in [2.05, 4.69) is 24.4 Å². The zero-order valence-electron chi connectivity index (χ0n) is 12.9. The summed E-state index contributed by atoms with van der Waals surface area (Å²) in [4.78, 5) is 0. The summed E-state index contributed by atoms with van der Waals surface area (Å²) in [5, 5.41) is 3.24. The van der Waals surface area contributed by atoms with Crippen LogP contribution in [0.5, 0.6) is 11.5 Å². The lowest BCUT2D eigenvalue weighted by Crippen LogP contribution is -2.23. The lowest BCUT2D eigenvalue weighted by Gasteiger charge is -2.12. The molecule has 21 heavy (non-hydrogen) atoms. The summed E-state index contributed by atoms with van der Waals surface area (Å²) in [7, 11) is 3.66. The molecule has 2 aromatic carbocycles. The average Bonchev–Trinajstić information content (AvgIpc) is 2.54. The smallest absolute Gasteiger partial charge is 0.125 e. The molecule has 1 unspecified atom stereocenters. The number of para-hydroxylation sites is 1. The zero-order valence-corrected chi connectivity index (χ0v) is 12.9. The normalized spacial score (nSPS) is 12.0. The van der Waals surface area contributed by atoms with E-state index in [-0.39, 0.29) is 0 Å². The second-order valence-corrected chi connectivity index (χ2v) is 5.14. The molecule has 0 saturated carbocycles. The molecule has 0 aliphatic heterocycles. The molecular weight excluding hydrogens is 262 g/mol. The summed E-state index contributed by atoms with van der Waals surface area (Å²) in [5.74, 6) is 1.73. The third kappa shape index (κ3) is 4.50. The van der Waals surface area contributed by atoms with Crippen molar-refractivity contribution < 1.29 is 9.47 Å². The van der Waals surface area contributed by atoms with E-state index >= 15 is 0 Å². The van der Waals surface area contributed by atoms with Gasteiger partial charge >= 0.3 is 0 Å². The standard InChI is InChI=1S/C18H23NO2/c1-14(19-2)12-15-8-10-17(11-9-15)21-13-16-6-4-5-7-18(16)20-3/h4-11,14,19H,12-13H2,1-3H3. The first-order valence-electron chi connectivity index (χ1n) is 7.24. The van der Waals surface area contributed by atoms with Crippen molar-refractivity contribution in [1.82, 2.24) is 5.32 Å². The molecule has 0 aliphatic carbocycles. The summed E-state index contributed by atoms with van der Waals surface area (Å²) in [6.07, 6.45) is 1.02.